The number of anilines is 1. The largest absolute Gasteiger partial charge is 0.395 e. The summed E-state index contributed by atoms with van der Waals surface area (Å²) in [5.74, 6) is -0.216. The average molecular weight is 477 g/mol. The number of rotatable bonds is 8. The molecule has 0 spiro atoms. The predicted octanol–water partition coefficient (Wildman–Crippen LogP) is 3.38. The molecule has 35 heavy (non-hydrogen) atoms. The second-order valence-corrected chi connectivity index (χ2v) is 10.2. The Morgan fingerprint density at radius 3 is 2.66 bits per heavy atom. The lowest BCUT2D eigenvalue weighted by atomic mass is 9.81. The second kappa shape index (κ2) is 11.2. The van der Waals surface area contributed by atoms with Crippen LogP contribution in [-0.4, -0.2) is 76.7 Å². The van der Waals surface area contributed by atoms with Crippen molar-refractivity contribution in [2.45, 2.75) is 44.9 Å². The number of hydrogen-bond donors (Lipinski definition) is 3. The molecule has 0 radical (unpaired) electrons. The van der Waals surface area contributed by atoms with Crippen molar-refractivity contribution in [3.8, 4) is 6.07 Å². The number of nitrogens with one attached hydrogen (secondary N) is 2. The number of amides is 1. The summed E-state index contributed by atoms with van der Waals surface area (Å²) in [5, 5.41) is 21.2. The zero-order valence-corrected chi connectivity index (χ0v) is 20.8. The first kappa shape index (κ1) is 25.1. The number of piperazine rings is 1. The van der Waals surface area contributed by atoms with E-state index >= 15 is 0 Å². The average Bonchev–Trinajstić information content (AvgIpc) is 3.36. The molecule has 186 valence electrons. The van der Waals surface area contributed by atoms with E-state index in [1.807, 2.05) is 12.1 Å². The molecule has 0 unspecified atom stereocenters. The van der Waals surface area contributed by atoms with Gasteiger partial charge >= 0.3 is 0 Å². The normalized spacial score (nSPS) is 17.6. The van der Waals surface area contributed by atoms with Crippen molar-refractivity contribution in [3.63, 3.8) is 0 Å². The molecule has 0 bridgehead atoms. The number of carbonyl (C=O) groups is 1. The Kier molecular flexibility index (Phi) is 8.01. The van der Waals surface area contributed by atoms with Crippen molar-refractivity contribution in [2.24, 2.45) is 0 Å². The molecule has 2 heterocycles. The van der Waals surface area contributed by atoms with Crippen molar-refractivity contribution in [1.29, 1.82) is 5.26 Å². The molecule has 1 aromatic heterocycles. The fourth-order valence-corrected chi connectivity index (χ4v) is 5.06. The third-order valence-corrected chi connectivity index (χ3v) is 7.09. The quantitative estimate of drug-likeness (QED) is 0.539. The maximum atomic E-state index is 12.8. The summed E-state index contributed by atoms with van der Waals surface area (Å²) in [5.41, 5.74) is 4.51. The van der Waals surface area contributed by atoms with E-state index in [4.69, 9.17) is 5.26 Å². The van der Waals surface area contributed by atoms with Gasteiger partial charge in [-0.05, 0) is 49.0 Å². The maximum absolute atomic E-state index is 12.8. The van der Waals surface area contributed by atoms with Crippen LogP contribution in [0.15, 0.2) is 30.5 Å². The van der Waals surface area contributed by atoms with E-state index in [1.54, 1.807) is 0 Å². The van der Waals surface area contributed by atoms with Crippen LogP contribution < -0.4 is 5.32 Å². The first-order valence-corrected chi connectivity index (χ1v) is 12.6. The van der Waals surface area contributed by atoms with Gasteiger partial charge < -0.3 is 15.4 Å². The van der Waals surface area contributed by atoms with E-state index in [0.717, 1.165) is 69.8 Å². The number of aromatic nitrogens is 2. The van der Waals surface area contributed by atoms with E-state index in [1.165, 1.54) is 23.8 Å². The number of H-pyrrole nitrogens is 1. The highest BCUT2D eigenvalue weighted by Crippen LogP contribution is 2.36. The van der Waals surface area contributed by atoms with Crippen molar-refractivity contribution in [3.05, 3.63) is 53.1 Å². The number of aromatic amines is 1. The van der Waals surface area contributed by atoms with Gasteiger partial charge in [0, 0.05) is 62.1 Å². The van der Waals surface area contributed by atoms with Crippen LogP contribution in [0.5, 0.6) is 0 Å². The minimum atomic E-state index is -0.350. The Balaban J connectivity index is 1.55. The second-order valence-electron chi connectivity index (χ2n) is 10.2. The molecule has 1 aliphatic carbocycles. The van der Waals surface area contributed by atoms with Gasteiger partial charge in [0.1, 0.15) is 6.07 Å². The molecule has 4 rings (SSSR count). The summed E-state index contributed by atoms with van der Waals surface area (Å²) in [4.78, 5) is 24.5. The van der Waals surface area contributed by atoms with Crippen LogP contribution in [0.2, 0.25) is 0 Å². The van der Waals surface area contributed by atoms with Gasteiger partial charge in [-0.3, -0.25) is 14.6 Å². The van der Waals surface area contributed by atoms with Crippen LogP contribution in [0.4, 0.5) is 5.69 Å². The molecule has 1 aliphatic heterocycles. The van der Waals surface area contributed by atoms with Crippen molar-refractivity contribution >= 4 is 17.2 Å². The minimum Gasteiger partial charge on any atom is -0.395 e. The summed E-state index contributed by atoms with van der Waals surface area (Å²) in [6, 6.07) is 8.32. The van der Waals surface area contributed by atoms with Crippen molar-refractivity contribution in [2.75, 3.05) is 51.2 Å². The van der Waals surface area contributed by atoms with Crippen molar-refractivity contribution < 1.29 is 9.90 Å². The standard InChI is InChI=1S/C27H36N6O2/c1-27(2,19-33-12-10-32(11-13-33)14-15-34)21-8-9-24(23(16-21)20-6-4-3-5-7-20)31-26(35)25-29-18-22(17-28)30-25/h6,8-9,16,18,34H,3-5,7,10-15,19H2,1-2H3,(H,29,30)(H,31,35). The van der Waals surface area contributed by atoms with Gasteiger partial charge in [0.15, 0.2) is 11.5 Å². The van der Waals surface area contributed by atoms with Gasteiger partial charge in [-0.25, -0.2) is 4.98 Å². The molecule has 0 atom stereocenters. The summed E-state index contributed by atoms with van der Waals surface area (Å²) >= 11 is 0. The molecule has 8 heteroatoms. The first-order chi connectivity index (χ1) is 16.9. The predicted molar refractivity (Wildman–Crippen MR) is 137 cm³/mol. The van der Waals surface area contributed by atoms with Crippen LogP contribution in [-0.2, 0) is 5.41 Å². The van der Waals surface area contributed by atoms with E-state index in [-0.39, 0.29) is 29.4 Å². The topological polar surface area (TPSA) is 108 Å². The van der Waals surface area contributed by atoms with E-state index in [0.29, 0.717) is 0 Å². The lowest BCUT2D eigenvalue weighted by molar-refractivity contribution is 0.0996. The Morgan fingerprint density at radius 1 is 1.23 bits per heavy atom. The summed E-state index contributed by atoms with van der Waals surface area (Å²) in [7, 11) is 0. The number of nitrogens with zero attached hydrogens (tertiary/aromatic N) is 4. The molecular weight excluding hydrogens is 440 g/mol. The van der Waals surface area contributed by atoms with Crippen LogP contribution in [0.3, 0.4) is 0 Å². The Morgan fingerprint density at radius 2 is 2.00 bits per heavy atom. The number of allylic oxidation sites excluding steroid dienone is 2. The fraction of sp³-hybridized carbons (Fsp3) is 0.519. The third-order valence-electron chi connectivity index (χ3n) is 7.09. The van der Waals surface area contributed by atoms with Gasteiger partial charge in [-0.2, -0.15) is 5.26 Å². The number of hydrogen-bond acceptors (Lipinski definition) is 6. The maximum Gasteiger partial charge on any atom is 0.291 e. The summed E-state index contributed by atoms with van der Waals surface area (Å²) in [6.07, 6.45) is 8.13. The molecule has 2 aliphatic rings. The number of aliphatic hydroxyl groups is 1. The van der Waals surface area contributed by atoms with Gasteiger partial charge in [-0.1, -0.05) is 26.0 Å². The molecule has 8 nitrogen and oxygen atoms in total. The Hall–Kier alpha value is -2.99. The highest BCUT2D eigenvalue weighted by Gasteiger charge is 2.28. The van der Waals surface area contributed by atoms with E-state index in [2.05, 4.69) is 57.1 Å². The zero-order valence-electron chi connectivity index (χ0n) is 20.8. The smallest absolute Gasteiger partial charge is 0.291 e. The van der Waals surface area contributed by atoms with Crippen LogP contribution >= 0.6 is 0 Å². The Labute approximate surface area is 207 Å². The van der Waals surface area contributed by atoms with Gasteiger partial charge in [0.2, 0.25) is 0 Å². The molecule has 2 aromatic rings. The molecule has 1 aromatic carbocycles. The SMILES string of the molecule is CC(C)(CN1CCN(CCO)CC1)c1ccc(NC(=O)c2nc(C#N)c[nH]2)c(C2=CCCCC2)c1. The van der Waals surface area contributed by atoms with Crippen LogP contribution in [0.25, 0.3) is 5.57 Å². The monoisotopic (exact) mass is 476 g/mol. The molecule has 1 amide bonds. The van der Waals surface area contributed by atoms with Gasteiger partial charge in [0.25, 0.3) is 5.91 Å². The number of imidazole rings is 1. The highest BCUT2D eigenvalue weighted by molar-refractivity contribution is 6.03. The highest BCUT2D eigenvalue weighted by atomic mass is 16.3. The molecule has 1 fully saturated rings. The number of carbonyl (C=O) groups excluding carboxylic acids is 1. The van der Waals surface area contributed by atoms with Gasteiger partial charge in [-0.15, -0.1) is 0 Å². The number of β-amino-alcohol motifs (C(OH)–C–C–N with tert-alkyl or cyclic N) is 1. The molecule has 0 saturated carbocycles. The fourth-order valence-electron chi connectivity index (χ4n) is 5.06. The van der Waals surface area contributed by atoms with Crippen molar-refractivity contribution in [1.82, 2.24) is 19.8 Å². The minimum absolute atomic E-state index is 0.0611. The van der Waals surface area contributed by atoms with Crippen LogP contribution in [0, 0.1) is 11.3 Å². The Bertz CT molecular complexity index is 1110. The van der Waals surface area contributed by atoms with E-state index in [9.17, 15) is 9.90 Å². The number of aliphatic hydroxyl groups excluding tert-OH is 1. The first-order valence-electron chi connectivity index (χ1n) is 12.6. The molecule has 1 saturated heterocycles. The molecule has 3 N–H and O–H groups in total. The number of benzene rings is 1. The van der Waals surface area contributed by atoms with Crippen LogP contribution in [0.1, 0.15) is 67.0 Å². The lowest BCUT2D eigenvalue weighted by Crippen LogP contribution is -2.50. The number of nitriles is 1. The summed E-state index contributed by atoms with van der Waals surface area (Å²) < 4.78 is 0. The molecular formula is C27H36N6O2. The summed E-state index contributed by atoms with van der Waals surface area (Å²) in [6.45, 7) is 10.5. The van der Waals surface area contributed by atoms with E-state index < -0.39 is 0 Å². The lowest BCUT2D eigenvalue weighted by Gasteiger charge is -2.39. The third kappa shape index (κ3) is 6.17. The van der Waals surface area contributed by atoms with Gasteiger partial charge in [0.05, 0.1) is 6.61 Å². The zero-order chi connectivity index (χ0) is 24.8.